The van der Waals surface area contributed by atoms with E-state index >= 15 is 0 Å². The van der Waals surface area contributed by atoms with Crippen LogP contribution in [0.1, 0.15) is 5.56 Å². The molecule has 0 heterocycles. The van der Waals surface area contributed by atoms with Gasteiger partial charge in [0, 0.05) is 16.1 Å². The number of hydrogen-bond acceptors (Lipinski definition) is 1. The van der Waals surface area contributed by atoms with Gasteiger partial charge in [-0.3, -0.25) is 0 Å². The van der Waals surface area contributed by atoms with Crippen LogP contribution >= 0.6 is 38.5 Å². The van der Waals surface area contributed by atoms with Crippen molar-refractivity contribution >= 4 is 50.6 Å². The quantitative estimate of drug-likeness (QED) is 0.492. The van der Waals surface area contributed by atoms with Crippen LogP contribution in [-0.2, 0) is 4.79 Å². The SMILES string of the molecule is O=C(O)/C=C/c1cc(Br)cc(I)c1F. The van der Waals surface area contributed by atoms with Crippen LogP contribution in [0.15, 0.2) is 22.7 Å². The molecular weight excluding hydrogens is 366 g/mol. The van der Waals surface area contributed by atoms with Crippen molar-refractivity contribution in [2.45, 2.75) is 0 Å². The Morgan fingerprint density at radius 3 is 2.79 bits per heavy atom. The minimum Gasteiger partial charge on any atom is -0.478 e. The third kappa shape index (κ3) is 3.06. The molecule has 0 atom stereocenters. The predicted molar refractivity (Wildman–Crippen MR) is 63.5 cm³/mol. The Morgan fingerprint density at radius 1 is 1.57 bits per heavy atom. The van der Waals surface area contributed by atoms with Crippen LogP contribution in [-0.4, -0.2) is 11.1 Å². The second-order valence-electron chi connectivity index (χ2n) is 2.46. The van der Waals surface area contributed by atoms with Crippen LogP contribution in [0.25, 0.3) is 6.08 Å². The predicted octanol–water partition coefficient (Wildman–Crippen LogP) is 3.29. The number of benzene rings is 1. The zero-order valence-corrected chi connectivity index (χ0v) is 10.5. The van der Waals surface area contributed by atoms with Gasteiger partial charge in [-0.25, -0.2) is 9.18 Å². The zero-order chi connectivity index (χ0) is 10.7. The summed E-state index contributed by atoms with van der Waals surface area (Å²) in [5, 5.41) is 8.38. The first-order valence-corrected chi connectivity index (χ1v) is 5.43. The van der Waals surface area contributed by atoms with E-state index in [-0.39, 0.29) is 5.56 Å². The topological polar surface area (TPSA) is 37.3 Å². The fourth-order valence-corrected chi connectivity index (χ4v) is 2.41. The summed E-state index contributed by atoms with van der Waals surface area (Å²) in [6.45, 7) is 0. The van der Waals surface area contributed by atoms with Crippen LogP contribution in [0.2, 0.25) is 0 Å². The van der Waals surface area contributed by atoms with Crippen LogP contribution in [0, 0.1) is 9.39 Å². The molecule has 5 heteroatoms. The van der Waals surface area contributed by atoms with Gasteiger partial charge in [0.15, 0.2) is 0 Å². The lowest BCUT2D eigenvalue weighted by Gasteiger charge is -2.00. The molecular formula is C9H5BrFIO2. The molecule has 1 aromatic rings. The minimum atomic E-state index is -1.10. The standard InChI is InChI=1S/C9H5BrFIO2/c10-6-3-5(1-2-8(13)14)9(11)7(12)4-6/h1-4H,(H,13,14)/b2-1+. The Kier molecular flexibility index (Phi) is 4.06. The molecule has 0 aliphatic rings. The molecule has 1 N–H and O–H groups in total. The molecule has 0 fully saturated rings. The van der Waals surface area contributed by atoms with Crippen molar-refractivity contribution in [1.29, 1.82) is 0 Å². The van der Waals surface area contributed by atoms with Crippen LogP contribution < -0.4 is 0 Å². The average Bonchev–Trinajstić information content (AvgIpc) is 2.08. The van der Waals surface area contributed by atoms with E-state index in [1.165, 1.54) is 12.1 Å². The molecule has 1 rings (SSSR count). The summed E-state index contributed by atoms with van der Waals surface area (Å²) in [5.74, 6) is -1.51. The van der Waals surface area contributed by atoms with Gasteiger partial charge in [0.05, 0.1) is 3.57 Å². The van der Waals surface area contributed by atoms with Gasteiger partial charge in [0.2, 0.25) is 0 Å². The monoisotopic (exact) mass is 370 g/mol. The van der Waals surface area contributed by atoms with E-state index in [1.54, 1.807) is 6.07 Å². The van der Waals surface area contributed by atoms with Crippen molar-refractivity contribution < 1.29 is 14.3 Å². The maximum Gasteiger partial charge on any atom is 0.328 e. The lowest BCUT2D eigenvalue weighted by molar-refractivity contribution is -0.131. The highest BCUT2D eigenvalue weighted by molar-refractivity contribution is 14.1. The first kappa shape index (κ1) is 11.6. The van der Waals surface area contributed by atoms with E-state index < -0.39 is 11.8 Å². The summed E-state index contributed by atoms with van der Waals surface area (Å²) in [6, 6.07) is 3.14. The summed E-state index contributed by atoms with van der Waals surface area (Å²) in [5.41, 5.74) is 0.256. The average molecular weight is 371 g/mol. The maximum atomic E-state index is 13.4. The van der Waals surface area contributed by atoms with E-state index in [0.717, 1.165) is 6.08 Å². The third-order valence-corrected chi connectivity index (χ3v) is 2.67. The number of rotatable bonds is 2. The first-order valence-electron chi connectivity index (χ1n) is 3.56. The minimum absolute atomic E-state index is 0.256. The second kappa shape index (κ2) is 4.88. The highest BCUT2D eigenvalue weighted by Gasteiger charge is 2.05. The van der Waals surface area contributed by atoms with Crippen LogP contribution in [0.3, 0.4) is 0 Å². The van der Waals surface area contributed by atoms with E-state index in [4.69, 9.17) is 5.11 Å². The maximum absolute atomic E-state index is 13.4. The molecule has 0 aliphatic heterocycles. The third-order valence-electron chi connectivity index (χ3n) is 1.43. The Hall–Kier alpha value is -0.430. The van der Waals surface area contributed by atoms with Crippen molar-refractivity contribution in [2.24, 2.45) is 0 Å². The Bertz CT molecular complexity index is 404. The molecule has 0 amide bonds. The van der Waals surface area contributed by atoms with Gasteiger partial charge in [-0.05, 0) is 40.8 Å². The summed E-state index contributed by atoms with van der Waals surface area (Å²) < 4.78 is 14.5. The van der Waals surface area contributed by atoms with Crippen molar-refractivity contribution in [1.82, 2.24) is 0 Å². The van der Waals surface area contributed by atoms with Gasteiger partial charge >= 0.3 is 5.97 Å². The molecule has 0 radical (unpaired) electrons. The van der Waals surface area contributed by atoms with Gasteiger partial charge in [-0.1, -0.05) is 15.9 Å². The number of carboxylic acids is 1. The molecule has 0 bridgehead atoms. The largest absolute Gasteiger partial charge is 0.478 e. The molecule has 0 spiro atoms. The molecule has 0 aliphatic carbocycles. The Labute approximate surface area is 102 Å². The number of hydrogen-bond donors (Lipinski definition) is 1. The number of aliphatic carboxylic acids is 1. The fraction of sp³-hybridized carbons (Fsp3) is 0. The molecule has 0 saturated heterocycles. The summed E-state index contributed by atoms with van der Waals surface area (Å²) in [7, 11) is 0. The molecule has 0 aromatic heterocycles. The molecule has 0 saturated carbocycles. The summed E-state index contributed by atoms with van der Waals surface area (Å²) in [6.07, 6.45) is 2.13. The van der Waals surface area contributed by atoms with E-state index in [1.807, 2.05) is 22.6 Å². The van der Waals surface area contributed by atoms with Crippen molar-refractivity contribution in [3.8, 4) is 0 Å². The lowest BCUT2D eigenvalue weighted by Crippen LogP contribution is -1.90. The van der Waals surface area contributed by atoms with E-state index in [0.29, 0.717) is 8.04 Å². The Balaban J connectivity index is 3.14. The highest BCUT2D eigenvalue weighted by Crippen LogP contribution is 2.22. The molecule has 2 nitrogen and oxygen atoms in total. The fourth-order valence-electron chi connectivity index (χ4n) is 0.858. The second-order valence-corrected chi connectivity index (χ2v) is 4.54. The normalized spacial score (nSPS) is 10.8. The van der Waals surface area contributed by atoms with Gasteiger partial charge in [-0.15, -0.1) is 0 Å². The molecule has 74 valence electrons. The summed E-state index contributed by atoms with van der Waals surface area (Å²) >= 11 is 5.05. The smallest absolute Gasteiger partial charge is 0.328 e. The van der Waals surface area contributed by atoms with Gasteiger partial charge in [0.25, 0.3) is 0 Å². The van der Waals surface area contributed by atoms with Gasteiger partial charge < -0.3 is 5.11 Å². The molecule has 0 unspecified atom stereocenters. The van der Waals surface area contributed by atoms with Gasteiger partial charge in [-0.2, -0.15) is 0 Å². The summed E-state index contributed by atoms with van der Waals surface area (Å²) in [4.78, 5) is 10.2. The van der Waals surface area contributed by atoms with Crippen molar-refractivity contribution in [3.05, 3.63) is 37.6 Å². The lowest BCUT2D eigenvalue weighted by atomic mass is 10.2. The van der Waals surface area contributed by atoms with Crippen LogP contribution in [0.5, 0.6) is 0 Å². The number of carboxylic acid groups (broad SMARTS) is 1. The van der Waals surface area contributed by atoms with Gasteiger partial charge in [0.1, 0.15) is 5.82 Å². The molecule has 1 aromatic carbocycles. The number of halogens is 3. The van der Waals surface area contributed by atoms with E-state index in [9.17, 15) is 9.18 Å². The van der Waals surface area contributed by atoms with E-state index in [2.05, 4.69) is 15.9 Å². The molecule has 14 heavy (non-hydrogen) atoms. The highest BCUT2D eigenvalue weighted by atomic mass is 127. The van der Waals surface area contributed by atoms with Crippen molar-refractivity contribution in [2.75, 3.05) is 0 Å². The zero-order valence-electron chi connectivity index (χ0n) is 6.80. The first-order chi connectivity index (χ1) is 6.50. The Morgan fingerprint density at radius 2 is 2.21 bits per heavy atom. The van der Waals surface area contributed by atoms with Crippen molar-refractivity contribution in [3.63, 3.8) is 0 Å². The number of carbonyl (C=O) groups is 1. The van der Waals surface area contributed by atoms with Crippen LogP contribution in [0.4, 0.5) is 4.39 Å².